The van der Waals surface area contributed by atoms with Gasteiger partial charge in [-0.2, -0.15) is 0 Å². The summed E-state index contributed by atoms with van der Waals surface area (Å²) in [5.74, 6) is -0.584. The molecule has 0 spiro atoms. The summed E-state index contributed by atoms with van der Waals surface area (Å²) < 4.78 is 5.18. The smallest absolute Gasteiger partial charge is 0.335 e. The highest BCUT2D eigenvalue weighted by Crippen LogP contribution is 2.26. The van der Waals surface area contributed by atoms with Crippen molar-refractivity contribution in [3.8, 4) is 5.75 Å². The lowest BCUT2D eigenvalue weighted by molar-refractivity contribution is 0.0697. The highest BCUT2D eigenvalue weighted by atomic mass is 35.5. The van der Waals surface area contributed by atoms with Gasteiger partial charge < -0.3 is 20.5 Å². The molecule has 120 valence electrons. The number of methoxy groups -OCH3 is 1. The Balaban J connectivity index is 2.19. The van der Waals surface area contributed by atoms with Gasteiger partial charge in [-0.1, -0.05) is 23.2 Å². The first kappa shape index (κ1) is 17.3. The number of hydrogen-bond acceptors (Lipinski definition) is 3. The van der Waals surface area contributed by atoms with Crippen LogP contribution in [-0.4, -0.2) is 23.3 Å². The number of nitrogens with one attached hydrogen (secondary N) is 2. The van der Waals surface area contributed by atoms with E-state index in [0.717, 1.165) is 0 Å². The van der Waals surface area contributed by atoms with Gasteiger partial charge in [0.25, 0.3) is 0 Å². The predicted molar refractivity (Wildman–Crippen MR) is 96.3 cm³/mol. The molecule has 0 saturated carbocycles. The molecule has 0 aliphatic rings. The van der Waals surface area contributed by atoms with E-state index in [9.17, 15) is 4.79 Å². The molecule has 0 saturated heterocycles. The summed E-state index contributed by atoms with van der Waals surface area (Å²) in [5.41, 5.74) is 1.15. The van der Waals surface area contributed by atoms with E-state index in [0.29, 0.717) is 27.2 Å². The molecule has 8 heteroatoms. The molecular weight excluding hydrogens is 359 g/mol. The van der Waals surface area contributed by atoms with Crippen LogP contribution < -0.4 is 15.4 Å². The maximum atomic E-state index is 11.1. The number of benzene rings is 2. The average molecular weight is 371 g/mol. The third-order valence-corrected chi connectivity index (χ3v) is 3.46. The number of carboxylic acids is 1. The lowest BCUT2D eigenvalue weighted by Crippen LogP contribution is -2.19. The number of halogens is 2. The third-order valence-electron chi connectivity index (χ3n) is 2.82. The van der Waals surface area contributed by atoms with Crippen molar-refractivity contribution in [1.29, 1.82) is 0 Å². The van der Waals surface area contributed by atoms with Crippen molar-refractivity contribution in [2.75, 3.05) is 17.7 Å². The number of carbonyl (C=O) groups is 1. The van der Waals surface area contributed by atoms with Crippen LogP contribution in [0, 0.1) is 0 Å². The molecule has 0 unspecified atom stereocenters. The van der Waals surface area contributed by atoms with Crippen molar-refractivity contribution in [1.82, 2.24) is 0 Å². The minimum absolute atomic E-state index is 0.113. The van der Waals surface area contributed by atoms with Crippen molar-refractivity contribution in [2.24, 2.45) is 0 Å². The third kappa shape index (κ3) is 4.72. The maximum absolute atomic E-state index is 11.1. The van der Waals surface area contributed by atoms with Crippen LogP contribution in [0.1, 0.15) is 10.4 Å². The number of anilines is 2. The molecule has 3 N–H and O–H groups in total. The Bertz CT molecular complexity index is 748. The minimum atomic E-state index is -1.05. The second kappa shape index (κ2) is 7.50. The van der Waals surface area contributed by atoms with Crippen molar-refractivity contribution in [2.45, 2.75) is 0 Å². The van der Waals surface area contributed by atoms with Crippen LogP contribution in [-0.2, 0) is 0 Å². The first-order valence-corrected chi connectivity index (χ1v) is 7.51. The van der Waals surface area contributed by atoms with Crippen LogP contribution in [0.4, 0.5) is 11.4 Å². The van der Waals surface area contributed by atoms with Crippen LogP contribution in [0.25, 0.3) is 0 Å². The van der Waals surface area contributed by atoms with Crippen LogP contribution >= 0.6 is 35.4 Å². The Kier molecular flexibility index (Phi) is 5.65. The van der Waals surface area contributed by atoms with E-state index in [1.165, 1.54) is 19.2 Å². The zero-order valence-electron chi connectivity index (χ0n) is 11.9. The second-order valence-electron chi connectivity index (χ2n) is 4.46. The van der Waals surface area contributed by atoms with Gasteiger partial charge in [0.05, 0.1) is 18.4 Å². The number of aromatic carboxylic acids is 1. The summed E-state index contributed by atoms with van der Waals surface area (Å²) in [5, 5.41) is 16.0. The Hall–Kier alpha value is -2.02. The molecule has 0 aliphatic heterocycles. The Labute approximate surface area is 148 Å². The largest absolute Gasteiger partial charge is 0.495 e. The Morgan fingerprint density at radius 2 is 1.78 bits per heavy atom. The van der Waals surface area contributed by atoms with E-state index in [-0.39, 0.29) is 10.7 Å². The summed E-state index contributed by atoms with van der Waals surface area (Å²) in [6, 6.07) is 9.34. The summed E-state index contributed by atoms with van der Waals surface area (Å²) in [4.78, 5) is 11.1. The highest BCUT2D eigenvalue weighted by Gasteiger charge is 2.10. The van der Waals surface area contributed by atoms with E-state index >= 15 is 0 Å². The SMILES string of the molecule is COc1ccc(C(=O)O)cc1NC(=S)Nc1cc(Cl)cc(Cl)c1. The van der Waals surface area contributed by atoms with Crippen molar-refractivity contribution in [3.05, 3.63) is 52.0 Å². The number of carboxylic acid groups (broad SMARTS) is 1. The van der Waals surface area contributed by atoms with E-state index in [1.54, 1.807) is 24.3 Å². The fraction of sp³-hybridized carbons (Fsp3) is 0.0667. The summed E-state index contributed by atoms with van der Waals surface area (Å²) in [6.07, 6.45) is 0. The molecule has 2 rings (SSSR count). The first-order valence-electron chi connectivity index (χ1n) is 6.34. The van der Waals surface area contributed by atoms with Gasteiger partial charge in [-0.25, -0.2) is 4.79 Å². The first-order chi connectivity index (χ1) is 10.9. The lowest BCUT2D eigenvalue weighted by atomic mass is 10.2. The van der Waals surface area contributed by atoms with Gasteiger partial charge in [0.2, 0.25) is 0 Å². The zero-order chi connectivity index (χ0) is 17.0. The van der Waals surface area contributed by atoms with E-state index in [2.05, 4.69) is 10.6 Å². The number of ether oxygens (including phenoxy) is 1. The molecule has 0 amide bonds. The van der Waals surface area contributed by atoms with Gasteiger partial charge in [-0.05, 0) is 48.6 Å². The van der Waals surface area contributed by atoms with Crippen LogP contribution in [0.15, 0.2) is 36.4 Å². The van der Waals surface area contributed by atoms with Crippen molar-refractivity contribution >= 4 is 57.9 Å². The quantitative estimate of drug-likeness (QED) is 0.687. The molecule has 0 fully saturated rings. The lowest BCUT2D eigenvalue weighted by Gasteiger charge is -2.14. The van der Waals surface area contributed by atoms with Gasteiger partial charge >= 0.3 is 5.97 Å². The molecule has 0 bridgehead atoms. The van der Waals surface area contributed by atoms with Gasteiger partial charge in [-0.15, -0.1) is 0 Å². The summed E-state index contributed by atoms with van der Waals surface area (Å²) in [6.45, 7) is 0. The maximum Gasteiger partial charge on any atom is 0.335 e. The van der Waals surface area contributed by atoms with Gasteiger partial charge in [0, 0.05) is 15.7 Å². The Morgan fingerprint density at radius 1 is 1.13 bits per heavy atom. The zero-order valence-corrected chi connectivity index (χ0v) is 14.2. The second-order valence-corrected chi connectivity index (χ2v) is 5.74. The van der Waals surface area contributed by atoms with Crippen molar-refractivity contribution < 1.29 is 14.6 Å². The standard InChI is InChI=1S/C15H12Cl2N2O3S/c1-22-13-3-2-8(14(20)21)4-12(13)19-15(23)18-11-6-9(16)5-10(17)7-11/h2-7H,1H3,(H,20,21)(H2,18,19,23). The number of hydrogen-bond donors (Lipinski definition) is 3. The van der Waals surface area contributed by atoms with Crippen LogP contribution in [0.2, 0.25) is 10.0 Å². The number of rotatable bonds is 4. The highest BCUT2D eigenvalue weighted by molar-refractivity contribution is 7.80. The van der Waals surface area contributed by atoms with Gasteiger partial charge in [-0.3, -0.25) is 0 Å². The topological polar surface area (TPSA) is 70.6 Å². The monoisotopic (exact) mass is 370 g/mol. The summed E-state index contributed by atoms with van der Waals surface area (Å²) in [7, 11) is 1.48. The fourth-order valence-electron chi connectivity index (χ4n) is 1.85. The van der Waals surface area contributed by atoms with E-state index in [4.69, 9.17) is 45.3 Å². The molecular formula is C15H12Cl2N2O3S. The number of thiocarbonyl (C=S) groups is 1. The molecule has 0 aromatic heterocycles. The van der Waals surface area contributed by atoms with Crippen LogP contribution in [0.5, 0.6) is 5.75 Å². The van der Waals surface area contributed by atoms with E-state index in [1.807, 2.05) is 0 Å². The molecule has 0 heterocycles. The molecule has 0 atom stereocenters. The predicted octanol–water partition coefficient (Wildman–Crippen LogP) is 4.51. The van der Waals surface area contributed by atoms with Gasteiger partial charge in [0.1, 0.15) is 5.75 Å². The normalized spacial score (nSPS) is 10.0. The molecule has 23 heavy (non-hydrogen) atoms. The molecule has 0 radical (unpaired) electrons. The molecule has 2 aromatic carbocycles. The van der Waals surface area contributed by atoms with E-state index < -0.39 is 5.97 Å². The minimum Gasteiger partial charge on any atom is -0.495 e. The Morgan fingerprint density at radius 3 is 2.35 bits per heavy atom. The molecule has 5 nitrogen and oxygen atoms in total. The van der Waals surface area contributed by atoms with Crippen molar-refractivity contribution in [3.63, 3.8) is 0 Å². The van der Waals surface area contributed by atoms with Crippen LogP contribution in [0.3, 0.4) is 0 Å². The summed E-state index contributed by atoms with van der Waals surface area (Å²) >= 11 is 17.1. The fourth-order valence-corrected chi connectivity index (χ4v) is 2.60. The van der Waals surface area contributed by atoms with Gasteiger partial charge in [0.15, 0.2) is 5.11 Å². The molecule has 0 aliphatic carbocycles. The average Bonchev–Trinajstić information content (AvgIpc) is 2.45. The molecule has 2 aromatic rings.